The predicted octanol–water partition coefficient (Wildman–Crippen LogP) is 4.47. The van der Waals surface area contributed by atoms with Gasteiger partial charge in [-0.15, -0.1) is 11.8 Å². The van der Waals surface area contributed by atoms with Crippen molar-refractivity contribution in [3.05, 3.63) is 45.9 Å². The van der Waals surface area contributed by atoms with Crippen LogP contribution in [0.4, 0.5) is 5.69 Å². The van der Waals surface area contributed by atoms with Gasteiger partial charge in [-0.25, -0.2) is 0 Å². The highest BCUT2D eigenvalue weighted by Crippen LogP contribution is 2.26. The van der Waals surface area contributed by atoms with Crippen molar-refractivity contribution in [1.82, 2.24) is 4.37 Å². The van der Waals surface area contributed by atoms with Crippen molar-refractivity contribution < 1.29 is 0 Å². The molecule has 1 aromatic heterocycles. The predicted molar refractivity (Wildman–Crippen MR) is 82.7 cm³/mol. The van der Waals surface area contributed by atoms with Gasteiger partial charge in [-0.1, -0.05) is 11.6 Å². The van der Waals surface area contributed by atoms with Gasteiger partial charge < -0.3 is 5.32 Å². The lowest BCUT2D eigenvalue weighted by molar-refractivity contribution is 1.25. The molecule has 0 radical (unpaired) electrons. The second-order valence-corrected chi connectivity index (χ2v) is 5.56. The van der Waals surface area contributed by atoms with E-state index in [1.807, 2.05) is 36.6 Å². The summed E-state index contributed by atoms with van der Waals surface area (Å²) in [6.07, 6.45) is 5.56. The molecule has 1 heterocycles. The maximum atomic E-state index is 9.10. The van der Waals surface area contributed by atoms with Crippen molar-refractivity contribution in [1.29, 1.82) is 5.26 Å². The third kappa shape index (κ3) is 3.51. The monoisotopic (exact) mass is 307 g/mol. The second kappa shape index (κ2) is 6.62. The smallest absolute Gasteiger partial charge is 0.128 e. The molecule has 0 aliphatic heterocycles. The fraction of sp³-hybridized carbons (Fsp3) is 0.0769. The van der Waals surface area contributed by atoms with Gasteiger partial charge in [0.05, 0.1) is 4.88 Å². The van der Waals surface area contributed by atoms with Crippen molar-refractivity contribution >= 4 is 46.7 Å². The van der Waals surface area contributed by atoms with Crippen LogP contribution in [0.5, 0.6) is 0 Å². The van der Waals surface area contributed by atoms with E-state index in [1.54, 1.807) is 6.20 Å². The Morgan fingerprint density at radius 3 is 2.79 bits per heavy atom. The van der Waals surface area contributed by atoms with Crippen LogP contribution >= 0.6 is 34.9 Å². The number of nitrogens with one attached hydrogen (secondary N) is 1. The number of nitrogens with zero attached hydrogens (tertiary/aromatic N) is 2. The Bertz CT molecular complexity index is 626. The first-order chi connectivity index (χ1) is 9.24. The van der Waals surface area contributed by atoms with Crippen LogP contribution in [-0.4, -0.2) is 10.6 Å². The third-order valence-electron chi connectivity index (χ3n) is 2.32. The highest BCUT2D eigenvalue weighted by Gasteiger charge is 2.09. The van der Waals surface area contributed by atoms with Crippen molar-refractivity contribution in [2.75, 3.05) is 11.6 Å². The van der Waals surface area contributed by atoms with E-state index in [0.717, 1.165) is 15.6 Å². The molecule has 0 saturated carbocycles. The van der Waals surface area contributed by atoms with Gasteiger partial charge in [-0.05, 0) is 48.1 Å². The molecule has 2 aromatic rings. The average molecular weight is 308 g/mol. The normalized spacial score (nSPS) is 10.6. The summed E-state index contributed by atoms with van der Waals surface area (Å²) in [5.74, 6) is 0. The van der Waals surface area contributed by atoms with E-state index in [4.69, 9.17) is 16.9 Å². The van der Waals surface area contributed by atoms with Gasteiger partial charge in [0.25, 0.3) is 0 Å². The van der Waals surface area contributed by atoms with E-state index in [9.17, 15) is 0 Å². The molecule has 19 heavy (non-hydrogen) atoms. The highest BCUT2D eigenvalue weighted by atomic mass is 35.5. The number of hydrogen-bond donors (Lipinski definition) is 1. The summed E-state index contributed by atoms with van der Waals surface area (Å²) < 4.78 is 4.23. The van der Waals surface area contributed by atoms with E-state index < -0.39 is 0 Å². The number of benzene rings is 1. The molecule has 96 valence electrons. The maximum absolute atomic E-state index is 9.10. The zero-order chi connectivity index (χ0) is 13.7. The molecule has 1 aromatic carbocycles. The molecule has 0 fully saturated rings. The number of rotatable bonds is 4. The van der Waals surface area contributed by atoms with Crippen molar-refractivity contribution in [3.8, 4) is 6.07 Å². The van der Waals surface area contributed by atoms with Crippen LogP contribution in [0, 0.1) is 11.3 Å². The zero-order valence-electron chi connectivity index (χ0n) is 10.1. The Balaban J connectivity index is 2.09. The summed E-state index contributed by atoms with van der Waals surface area (Å²) in [6.45, 7) is 0. The molecule has 0 atom stereocenters. The van der Waals surface area contributed by atoms with E-state index in [0.29, 0.717) is 10.6 Å². The second-order valence-electron chi connectivity index (χ2n) is 3.53. The molecule has 6 heteroatoms. The van der Waals surface area contributed by atoms with E-state index in [-0.39, 0.29) is 0 Å². The lowest BCUT2D eigenvalue weighted by atomic mass is 10.3. The summed E-state index contributed by atoms with van der Waals surface area (Å²) in [7, 11) is 0. The molecule has 0 aliphatic rings. The lowest BCUT2D eigenvalue weighted by Gasteiger charge is -1.99. The highest BCUT2D eigenvalue weighted by molar-refractivity contribution is 7.98. The molecule has 1 N–H and O–H groups in total. The number of hydrogen-bond acceptors (Lipinski definition) is 5. The lowest BCUT2D eigenvalue weighted by Crippen LogP contribution is -1.86. The quantitative estimate of drug-likeness (QED) is 0.846. The fourth-order valence-corrected chi connectivity index (χ4v) is 3.00. The summed E-state index contributed by atoms with van der Waals surface area (Å²) in [6, 6.07) is 9.59. The van der Waals surface area contributed by atoms with Gasteiger partial charge in [-0.2, -0.15) is 9.64 Å². The Labute approximate surface area is 125 Å². The molecule has 2 rings (SSSR count). The topological polar surface area (TPSA) is 48.7 Å². The number of anilines is 1. The van der Waals surface area contributed by atoms with Crippen LogP contribution in [0.2, 0.25) is 5.02 Å². The molecule has 0 spiro atoms. The first kappa shape index (κ1) is 13.9. The van der Waals surface area contributed by atoms with Gasteiger partial charge in [0.2, 0.25) is 0 Å². The van der Waals surface area contributed by atoms with Crippen LogP contribution in [0.25, 0.3) is 6.08 Å². The van der Waals surface area contributed by atoms with Gasteiger partial charge in [0, 0.05) is 16.9 Å². The molecule has 0 bridgehead atoms. The molecule has 3 nitrogen and oxygen atoms in total. The number of halogens is 1. The van der Waals surface area contributed by atoms with Crippen LogP contribution in [0.1, 0.15) is 10.4 Å². The Morgan fingerprint density at radius 1 is 1.42 bits per heavy atom. The SMILES string of the molecule is CSc1nsc(C=CNc2ccc(Cl)cc2)c1C#N. The van der Waals surface area contributed by atoms with Crippen LogP contribution < -0.4 is 5.32 Å². The van der Waals surface area contributed by atoms with Crippen molar-refractivity contribution in [3.63, 3.8) is 0 Å². The minimum absolute atomic E-state index is 0.631. The van der Waals surface area contributed by atoms with Crippen LogP contribution in [-0.2, 0) is 0 Å². The number of thioether (sulfide) groups is 1. The van der Waals surface area contributed by atoms with Crippen LogP contribution in [0.15, 0.2) is 35.5 Å². The third-order valence-corrected chi connectivity index (χ3v) is 4.18. The minimum Gasteiger partial charge on any atom is -0.362 e. The summed E-state index contributed by atoms with van der Waals surface area (Å²) >= 11 is 8.61. The Hall–Kier alpha value is -1.48. The van der Waals surface area contributed by atoms with Crippen molar-refractivity contribution in [2.45, 2.75) is 5.03 Å². The van der Waals surface area contributed by atoms with Gasteiger partial charge >= 0.3 is 0 Å². The first-order valence-corrected chi connectivity index (χ1v) is 7.74. The van der Waals surface area contributed by atoms with E-state index >= 15 is 0 Å². The Kier molecular flexibility index (Phi) is 4.86. The largest absolute Gasteiger partial charge is 0.362 e. The Morgan fingerprint density at radius 2 is 2.16 bits per heavy atom. The fourth-order valence-electron chi connectivity index (χ4n) is 1.40. The summed E-state index contributed by atoms with van der Waals surface area (Å²) in [5.41, 5.74) is 1.57. The summed E-state index contributed by atoms with van der Waals surface area (Å²) in [5, 5.41) is 13.7. The maximum Gasteiger partial charge on any atom is 0.128 e. The standard InChI is InChI=1S/C13H10ClN3S2/c1-18-13-11(8-15)12(19-17-13)6-7-16-10-4-2-9(14)3-5-10/h2-7,16H,1H3. The van der Waals surface area contributed by atoms with Gasteiger partial charge in [0.1, 0.15) is 16.7 Å². The molecular formula is C13H10ClN3S2. The molecule has 0 saturated heterocycles. The molecule has 0 unspecified atom stereocenters. The van der Waals surface area contributed by atoms with Gasteiger partial charge in [-0.3, -0.25) is 0 Å². The molecular weight excluding hydrogens is 298 g/mol. The van der Waals surface area contributed by atoms with Crippen LogP contribution in [0.3, 0.4) is 0 Å². The zero-order valence-corrected chi connectivity index (χ0v) is 12.4. The van der Waals surface area contributed by atoms with Crippen molar-refractivity contribution in [2.24, 2.45) is 0 Å². The number of nitriles is 1. The first-order valence-electron chi connectivity index (χ1n) is 5.37. The average Bonchev–Trinajstić information content (AvgIpc) is 2.83. The summed E-state index contributed by atoms with van der Waals surface area (Å²) in [4.78, 5) is 0.855. The van der Waals surface area contributed by atoms with E-state index in [1.165, 1.54) is 23.3 Å². The van der Waals surface area contributed by atoms with E-state index in [2.05, 4.69) is 15.8 Å². The minimum atomic E-state index is 0.631. The number of aromatic nitrogens is 1. The molecule has 0 amide bonds. The molecule has 0 aliphatic carbocycles. The van der Waals surface area contributed by atoms with Gasteiger partial charge in [0.15, 0.2) is 0 Å².